The van der Waals surface area contributed by atoms with E-state index in [1.165, 1.54) is 0 Å². The molecule has 0 N–H and O–H groups in total. The number of hydrogen-bond donors (Lipinski definition) is 0. The van der Waals surface area contributed by atoms with Crippen molar-refractivity contribution in [3.63, 3.8) is 0 Å². The summed E-state index contributed by atoms with van der Waals surface area (Å²) in [6.07, 6.45) is 0.512. The van der Waals surface area contributed by atoms with Crippen LogP contribution in [0.15, 0.2) is 46.9 Å². The van der Waals surface area contributed by atoms with E-state index in [9.17, 15) is 4.79 Å². The SMILES string of the molecule is O=C1Cc2c(Br)ccc(OCc3ccccc3)c21. The maximum absolute atomic E-state index is 11.6. The van der Waals surface area contributed by atoms with E-state index in [2.05, 4.69) is 15.9 Å². The average Bonchev–Trinajstić information content (AvgIpc) is 2.39. The normalized spacial score (nSPS) is 12.8. The highest BCUT2D eigenvalue weighted by Gasteiger charge is 2.29. The Hall–Kier alpha value is -1.61. The summed E-state index contributed by atoms with van der Waals surface area (Å²) in [5.74, 6) is 0.850. The maximum atomic E-state index is 11.6. The van der Waals surface area contributed by atoms with Crippen LogP contribution in [-0.2, 0) is 13.0 Å². The number of benzene rings is 2. The highest BCUT2D eigenvalue weighted by atomic mass is 79.9. The molecule has 3 heteroatoms. The molecular formula is C15H11BrO2. The molecule has 0 amide bonds. The fourth-order valence-electron chi connectivity index (χ4n) is 2.08. The van der Waals surface area contributed by atoms with Gasteiger partial charge < -0.3 is 4.74 Å². The summed E-state index contributed by atoms with van der Waals surface area (Å²) in [7, 11) is 0. The Morgan fingerprint density at radius 2 is 1.89 bits per heavy atom. The molecule has 18 heavy (non-hydrogen) atoms. The van der Waals surface area contributed by atoms with E-state index in [0.29, 0.717) is 18.8 Å². The number of ketones is 1. The third kappa shape index (κ3) is 1.95. The van der Waals surface area contributed by atoms with Crippen LogP contribution in [-0.4, -0.2) is 5.78 Å². The zero-order chi connectivity index (χ0) is 12.5. The zero-order valence-electron chi connectivity index (χ0n) is 9.65. The summed E-state index contributed by atoms with van der Waals surface area (Å²) in [4.78, 5) is 11.6. The number of fused-ring (bicyclic) bond motifs is 1. The van der Waals surface area contributed by atoms with Crippen LogP contribution < -0.4 is 4.74 Å². The number of Topliss-reactive ketones (excluding diaryl/α,β-unsaturated/α-hetero) is 1. The lowest BCUT2D eigenvalue weighted by Crippen LogP contribution is -2.21. The van der Waals surface area contributed by atoms with E-state index >= 15 is 0 Å². The Labute approximate surface area is 114 Å². The Morgan fingerprint density at radius 3 is 2.61 bits per heavy atom. The molecule has 0 saturated heterocycles. The van der Waals surface area contributed by atoms with Crippen LogP contribution >= 0.6 is 15.9 Å². The first kappa shape index (κ1) is 11.5. The Balaban J connectivity index is 1.82. The topological polar surface area (TPSA) is 26.3 Å². The van der Waals surface area contributed by atoms with Gasteiger partial charge in [0.1, 0.15) is 12.4 Å². The van der Waals surface area contributed by atoms with Crippen LogP contribution in [0.5, 0.6) is 5.75 Å². The van der Waals surface area contributed by atoms with Gasteiger partial charge in [-0.05, 0) is 23.3 Å². The molecule has 2 nitrogen and oxygen atoms in total. The highest BCUT2D eigenvalue weighted by molar-refractivity contribution is 9.10. The van der Waals surface area contributed by atoms with Crippen LogP contribution in [0.25, 0.3) is 0 Å². The van der Waals surface area contributed by atoms with E-state index in [-0.39, 0.29) is 5.78 Å². The number of hydrogen-bond acceptors (Lipinski definition) is 2. The molecule has 1 aliphatic rings. The van der Waals surface area contributed by atoms with E-state index in [1.807, 2.05) is 42.5 Å². The number of carbonyl (C=O) groups is 1. The first-order chi connectivity index (χ1) is 8.75. The first-order valence-electron chi connectivity index (χ1n) is 5.77. The predicted octanol–water partition coefficient (Wildman–Crippen LogP) is 3.77. The number of ether oxygens (including phenoxy) is 1. The second-order valence-electron chi connectivity index (χ2n) is 4.27. The van der Waals surface area contributed by atoms with Crippen molar-refractivity contribution < 1.29 is 9.53 Å². The van der Waals surface area contributed by atoms with Crippen molar-refractivity contribution in [3.8, 4) is 5.75 Å². The van der Waals surface area contributed by atoms with Gasteiger partial charge in [-0.3, -0.25) is 4.79 Å². The molecule has 1 aliphatic carbocycles. The first-order valence-corrected chi connectivity index (χ1v) is 6.56. The van der Waals surface area contributed by atoms with Gasteiger partial charge >= 0.3 is 0 Å². The van der Waals surface area contributed by atoms with Gasteiger partial charge in [0.25, 0.3) is 0 Å². The minimum Gasteiger partial charge on any atom is -0.488 e. The molecule has 0 saturated carbocycles. The number of rotatable bonds is 3. The minimum absolute atomic E-state index is 0.161. The minimum atomic E-state index is 0.161. The molecule has 3 rings (SSSR count). The van der Waals surface area contributed by atoms with Gasteiger partial charge in [-0.1, -0.05) is 46.3 Å². The molecule has 0 unspecified atom stereocenters. The maximum Gasteiger partial charge on any atom is 0.171 e. The van der Waals surface area contributed by atoms with E-state index in [0.717, 1.165) is 21.2 Å². The van der Waals surface area contributed by atoms with Crippen LogP contribution in [0.2, 0.25) is 0 Å². The van der Waals surface area contributed by atoms with Crippen LogP contribution in [0.3, 0.4) is 0 Å². The largest absolute Gasteiger partial charge is 0.488 e. The standard InChI is InChI=1S/C15H11BrO2/c16-12-6-7-14(15-11(12)8-13(15)17)18-9-10-4-2-1-3-5-10/h1-7H,8-9H2. The average molecular weight is 303 g/mol. The molecule has 90 valence electrons. The summed E-state index contributed by atoms with van der Waals surface area (Å²) in [5.41, 5.74) is 2.90. The second-order valence-corrected chi connectivity index (χ2v) is 5.13. The third-order valence-electron chi connectivity index (χ3n) is 3.07. The number of halogens is 1. The van der Waals surface area contributed by atoms with Crippen molar-refractivity contribution in [3.05, 3.63) is 63.6 Å². The van der Waals surface area contributed by atoms with Gasteiger partial charge in [0.05, 0.1) is 5.56 Å². The monoisotopic (exact) mass is 302 g/mol. The lowest BCUT2D eigenvalue weighted by molar-refractivity contribution is 0.0961. The molecule has 0 aliphatic heterocycles. The van der Waals surface area contributed by atoms with Gasteiger partial charge in [-0.2, -0.15) is 0 Å². The molecule has 2 aromatic carbocycles. The predicted molar refractivity (Wildman–Crippen MR) is 73.0 cm³/mol. The van der Waals surface area contributed by atoms with Gasteiger partial charge in [0, 0.05) is 10.9 Å². The number of carbonyl (C=O) groups excluding carboxylic acids is 1. The second kappa shape index (κ2) is 4.58. The molecule has 0 radical (unpaired) electrons. The molecule has 0 fully saturated rings. The fraction of sp³-hybridized carbons (Fsp3) is 0.133. The molecular weight excluding hydrogens is 292 g/mol. The summed E-state index contributed by atoms with van der Waals surface area (Å²) >= 11 is 3.45. The van der Waals surface area contributed by atoms with Crippen LogP contribution in [0.1, 0.15) is 21.5 Å². The van der Waals surface area contributed by atoms with Crippen molar-refractivity contribution in [2.75, 3.05) is 0 Å². The van der Waals surface area contributed by atoms with Crippen molar-refractivity contribution >= 4 is 21.7 Å². The molecule has 0 atom stereocenters. The zero-order valence-corrected chi connectivity index (χ0v) is 11.2. The van der Waals surface area contributed by atoms with E-state index in [4.69, 9.17) is 4.74 Å². The van der Waals surface area contributed by atoms with Crippen LogP contribution in [0.4, 0.5) is 0 Å². The van der Waals surface area contributed by atoms with Crippen LogP contribution in [0, 0.1) is 0 Å². The lowest BCUT2D eigenvalue weighted by Gasteiger charge is -2.22. The Bertz CT molecular complexity index is 605. The van der Waals surface area contributed by atoms with E-state index in [1.54, 1.807) is 0 Å². The van der Waals surface area contributed by atoms with Crippen molar-refractivity contribution in [2.45, 2.75) is 13.0 Å². The summed E-state index contributed by atoms with van der Waals surface area (Å²) in [5, 5.41) is 0. The summed E-state index contributed by atoms with van der Waals surface area (Å²) in [6.45, 7) is 0.488. The Morgan fingerprint density at radius 1 is 1.11 bits per heavy atom. The molecule has 0 bridgehead atoms. The molecule has 0 heterocycles. The fourth-order valence-corrected chi connectivity index (χ4v) is 2.55. The quantitative estimate of drug-likeness (QED) is 0.863. The third-order valence-corrected chi connectivity index (χ3v) is 3.81. The smallest absolute Gasteiger partial charge is 0.171 e. The van der Waals surface area contributed by atoms with Crippen molar-refractivity contribution in [2.24, 2.45) is 0 Å². The highest BCUT2D eigenvalue weighted by Crippen LogP contribution is 2.37. The molecule has 0 aromatic heterocycles. The summed E-state index contributed by atoms with van der Waals surface area (Å²) in [6, 6.07) is 13.7. The van der Waals surface area contributed by atoms with E-state index < -0.39 is 0 Å². The van der Waals surface area contributed by atoms with Gasteiger partial charge in [0.2, 0.25) is 0 Å². The van der Waals surface area contributed by atoms with Crippen molar-refractivity contribution in [1.82, 2.24) is 0 Å². The molecule has 2 aromatic rings. The Kier molecular flexibility index (Phi) is 2.92. The van der Waals surface area contributed by atoms with Gasteiger partial charge in [-0.15, -0.1) is 0 Å². The molecule has 0 spiro atoms. The van der Waals surface area contributed by atoms with Gasteiger partial charge in [0.15, 0.2) is 5.78 Å². The lowest BCUT2D eigenvalue weighted by atomic mass is 9.86. The summed E-state index contributed by atoms with van der Waals surface area (Å²) < 4.78 is 6.73. The van der Waals surface area contributed by atoms with Gasteiger partial charge in [-0.25, -0.2) is 0 Å². The van der Waals surface area contributed by atoms with Crippen molar-refractivity contribution in [1.29, 1.82) is 0 Å².